The van der Waals surface area contributed by atoms with Crippen molar-refractivity contribution in [3.63, 3.8) is 0 Å². The zero-order valence-electron chi connectivity index (χ0n) is 12.6. The third-order valence-electron chi connectivity index (χ3n) is 3.82. The molecule has 1 aliphatic heterocycles. The van der Waals surface area contributed by atoms with E-state index in [0.717, 1.165) is 30.9 Å². The van der Waals surface area contributed by atoms with Crippen LogP contribution in [-0.4, -0.2) is 48.5 Å². The van der Waals surface area contributed by atoms with Gasteiger partial charge in [-0.25, -0.2) is 0 Å². The number of carbonyl (C=O) groups excluding carboxylic acids is 1. The Hall–Kier alpha value is -1.62. The molecular weight excluding hydrogens is 252 g/mol. The topological polar surface area (TPSA) is 57.3 Å². The Morgan fingerprint density at radius 2 is 2.35 bits per heavy atom. The number of hydrogen-bond donors (Lipinski definition) is 2. The summed E-state index contributed by atoms with van der Waals surface area (Å²) in [5.74, 6) is -0.0475. The average Bonchev–Trinajstić information content (AvgIpc) is 2.82. The Morgan fingerprint density at radius 3 is 3.00 bits per heavy atom. The van der Waals surface area contributed by atoms with E-state index in [1.54, 1.807) is 6.20 Å². The minimum absolute atomic E-state index is 0.0475. The number of nitrogens with one attached hydrogen (secondary N) is 2. The second-order valence-corrected chi connectivity index (χ2v) is 5.39. The zero-order valence-corrected chi connectivity index (χ0v) is 12.6. The predicted molar refractivity (Wildman–Crippen MR) is 81.1 cm³/mol. The average molecular weight is 276 g/mol. The van der Waals surface area contributed by atoms with Gasteiger partial charge in [0, 0.05) is 31.0 Å². The van der Waals surface area contributed by atoms with E-state index in [1.165, 1.54) is 6.42 Å². The number of aryl methyl sites for hydroxylation is 1. The lowest BCUT2D eigenvalue weighted by Crippen LogP contribution is -2.38. The summed E-state index contributed by atoms with van der Waals surface area (Å²) in [5.41, 5.74) is 2.39. The Bertz CT molecular complexity index is 475. The van der Waals surface area contributed by atoms with E-state index in [-0.39, 0.29) is 5.91 Å². The molecule has 2 heterocycles. The van der Waals surface area contributed by atoms with E-state index in [2.05, 4.69) is 27.6 Å². The van der Waals surface area contributed by atoms with Gasteiger partial charge in [-0.05, 0) is 46.3 Å². The van der Waals surface area contributed by atoms with Gasteiger partial charge in [-0.3, -0.25) is 9.78 Å². The summed E-state index contributed by atoms with van der Waals surface area (Å²) in [5, 5.41) is 6.25. The first-order valence-electron chi connectivity index (χ1n) is 7.30. The summed E-state index contributed by atoms with van der Waals surface area (Å²) in [6.45, 7) is 6.56. The van der Waals surface area contributed by atoms with Crippen LogP contribution in [0.2, 0.25) is 0 Å². The number of nitrogens with zero attached hydrogens (tertiary/aromatic N) is 2. The van der Waals surface area contributed by atoms with Crippen molar-refractivity contribution < 1.29 is 4.79 Å². The molecule has 1 aromatic rings. The van der Waals surface area contributed by atoms with Crippen molar-refractivity contribution in [3.05, 3.63) is 23.5 Å². The molecule has 1 aliphatic rings. The molecule has 0 aromatic carbocycles. The van der Waals surface area contributed by atoms with Crippen LogP contribution in [0.1, 0.15) is 35.8 Å². The molecule has 2 N–H and O–H groups in total. The summed E-state index contributed by atoms with van der Waals surface area (Å²) >= 11 is 0. The molecule has 1 amide bonds. The maximum Gasteiger partial charge on any atom is 0.255 e. The maximum atomic E-state index is 12.3. The van der Waals surface area contributed by atoms with Crippen LogP contribution in [0, 0.1) is 6.92 Å². The molecule has 1 atom stereocenters. The number of likely N-dealkylation sites (N-methyl/N-ethyl adjacent to an activating group) is 1. The highest BCUT2D eigenvalue weighted by molar-refractivity contribution is 5.99. The van der Waals surface area contributed by atoms with Crippen LogP contribution in [0.25, 0.3) is 0 Å². The quantitative estimate of drug-likeness (QED) is 0.858. The van der Waals surface area contributed by atoms with Gasteiger partial charge < -0.3 is 15.5 Å². The number of rotatable bonds is 5. The lowest BCUT2D eigenvalue weighted by molar-refractivity contribution is 0.0944. The molecule has 0 aliphatic carbocycles. The van der Waals surface area contributed by atoms with Crippen LogP contribution in [0.4, 0.5) is 5.69 Å². The van der Waals surface area contributed by atoms with E-state index in [4.69, 9.17) is 0 Å². The minimum Gasteiger partial charge on any atom is -0.385 e. The fourth-order valence-electron chi connectivity index (χ4n) is 2.62. The molecule has 20 heavy (non-hydrogen) atoms. The first kappa shape index (κ1) is 14.8. The van der Waals surface area contributed by atoms with E-state index in [0.29, 0.717) is 18.2 Å². The van der Waals surface area contributed by atoms with Gasteiger partial charge in [0.05, 0.1) is 11.3 Å². The van der Waals surface area contributed by atoms with E-state index < -0.39 is 0 Å². The van der Waals surface area contributed by atoms with Gasteiger partial charge in [0.15, 0.2) is 0 Å². The molecule has 5 heteroatoms. The Balaban J connectivity index is 2.01. The number of hydrogen-bond acceptors (Lipinski definition) is 4. The third kappa shape index (κ3) is 3.48. The van der Waals surface area contributed by atoms with Gasteiger partial charge in [-0.15, -0.1) is 0 Å². The highest BCUT2D eigenvalue weighted by Gasteiger charge is 2.22. The van der Waals surface area contributed by atoms with E-state index in [9.17, 15) is 4.79 Å². The number of aromatic nitrogens is 1. The summed E-state index contributed by atoms with van der Waals surface area (Å²) in [7, 11) is 2.11. The molecular formula is C15H24N4O. The van der Waals surface area contributed by atoms with Crippen molar-refractivity contribution in [2.24, 2.45) is 0 Å². The molecule has 0 spiro atoms. The number of carbonyl (C=O) groups is 1. The van der Waals surface area contributed by atoms with Gasteiger partial charge in [0.25, 0.3) is 5.91 Å². The minimum atomic E-state index is -0.0475. The second kappa shape index (κ2) is 6.70. The van der Waals surface area contributed by atoms with Crippen molar-refractivity contribution in [2.75, 3.05) is 32.0 Å². The molecule has 110 valence electrons. The number of anilines is 1. The Kier molecular flexibility index (Phi) is 4.95. The lowest BCUT2D eigenvalue weighted by atomic mass is 10.1. The van der Waals surface area contributed by atoms with Crippen molar-refractivity contribution in [2.45, 2.75) is 32.7 Å². The summed E-state index contributed by atoms with van der Waals surface area (Å²) in [6, 6.07) is 2.38. The standard InChI is InChI=1S/C15H24N4O/c1-4-16-14-8-11(2)17-10-13(14)15(20)18-9-12-6-5-7-19(12)3/h8,10,12H,4-7,9H2,1-3H3,(H,16,17)(H,18,20). The lowest BCUT2D eigenvalue weighted by Gasteiger charge is -2.20. The SMILES string of the molecule is CCNc1cc(C)ncc1C(=O)NCC1CCCN1C. The van der Waals surface area contributed by atoms with Crippen LogP contribution in [0.5, 0.6) is 0 Å². The molecule has 5 nitrogen and oxygen atoms in total. The van der Waals surface area contributed by atoms with Gasteiger partial charge in [0.2, 0.25) is 0 Å². The second-order valence-electron chi connectivity index (χ2n) is 5.39. The van der Waals surface area contributed by atoms with Gasteiger partial charge in [-0.2, -0.15) is 0 Å². The van der Waals surface area contributed by atoms with E-state index in [1.807, 2.05) is 19.9 Å². The number of likely N-dealkylation sites (tertiary alicyclic amines) is 1. The predicted octanol–water partition coefficient (Wildman–Crippen LogP) is 1.65. The fourth-order valence-corrected chi connectivity index (χ4v) is 2.62. The van der Waals surface area contributed by atoms with Gasteiger partial charge in [-0.1, -0.05) is 0 Å². The van der Waals surface area contributed by atoms with Crippen molar-refractivity contribution in [1.82, 2.24) is 15.2 Å². The van der Waals surface area contributed by atoms with Crippen molar-refractivity contribution in [3.8, 4) is 0 Å². The van der Waals surface area contributed by atoms with Crippen LogP contribution in [-0.2, 0) is 0 Å². The molecule has 2 rings (SSSR count). The van der Waals surface area contributed by atoms with Crippen molar-refractivity contribution >= 4 is 11.6 Å². The monoisotopic (exact) mass is 276 g/mol. The van der Waals surface area contributed by atoms with E-state index >= 15 is 0 Å². The van der Waals surface area contributed by atoms with Gasteiger partial charge in [0.1, 0.15) is 0 Å². The van der Waals surface area contributed by atoms with Crippen LogP contribution in [0.15, 0.2) is 12.3 Å². The van der Waals surface area contributed by atoms with Crippen LogP contribution in [0.3, 0.4) is 0 Å². The third-order valence-corrected chi connectivity index (χ3v) is 3.82. The first-order chi connectivity index (χ1) is 9.61. The fraction of sp³-hybridized carbons (Fsp3) is 0.600. The van der Waals surface area contributed by atoms with Crippen LogP contribution >= 0.6 is 0 Å². The molecule has 1 unspecified atom stereocenters. The summed E-state index contributed by atoms with van der Waals surface area (Å²) < 4.78 is 0. The molecule has 0 radical (unpaired) electrons. The Labute approximate surface area is 120 Å². The zero-order chi connectivity index (χ0) is 14.5. The number of pyridine rings is 1. The largest absolute Gasteiger partial charge is 0.385 e. The Morgan fingerprint density at radius 1 is 1.55 bits per heavy atom. The normalized spacial score (nSPS) is 19.1. The smallest absolute Gasteiger partial charge is 0.255 e. The van der Waals surface area contributed by atoms with Crippen LogP contribution < -0.4 is 10.6 Å². The van der Waals surface area contributed by atoms with Crippen molar-refractivity contribution in [1.29, 1.82) is 0 Å². The molecule has 1 fully saturated rings. The molecule has 0 saturated carbocycles. The summed E-state index contributed by atoms with van der Waals surface area (Å²) in [6.07, 6.45) is 4.02. The molecule has 1 saturated heterocycles. The first-order valence-corrected chi connectivity index (χ1v) is 7.30. The highest BCUT2D eigenvalue weighted by atomic mass is 16.1. The summed E-state index contributed by atoms with van der Waals surface area (Å²) in [4.78, 5) is 18.8. The highest BCUT2D eigenvalue weighted by Crippen LogP contribution is 2.17. The maximum absolute atomic E-state index is 12.3. The molecule has 1 aromatic heterocycles. The van der Waals surface area contributed by atoms with Gasteiger partial charge >= 0.3 is 0 Å². The number of amides is 1. The molecule has 0 bridgehead atoms.